The minimum Gasteiger partial charge on any atom is -0.369 e. The Balaban J connectivity index is 1.29. The molecule has 2 aliphatic rings. The summed E-state index contributed by atoms with van der Waals surface area (Å²) in [4.78, 5) is 29.3. The highest BCUT2D eigenvalue weighted by atomic mass is 32.1. The summed E-state index contributed by atoms with van der Waals surface area (Å²) in [6.07, 6.45) is -2.70. The lowest BCUT2D eigenvalue weighted by molar-refractivity contribution is -0.186. The number of fused-ring (bicyclic) bond motifs is 2. The molecule has 12 heteroatoms. The molecule has 1 aromatic carbocycles. The summed E-state index contributed by atoms with van der Waals surface area (Å²) in [7, 11) is 0. The predicted molar refractivity (Wildman–Crippen MR) is 137 cm³/mol. The Labute approximate surface area is 214 Å². The molecule has 0 saturated carbocycles. The number of amides is 1. The van der Waals surface area contributed by atoms with Crippen LogP contribution in [0.3, 0.4) is 0 Å². The van der Waals surface area contributed by atoms with E-state index in [1.54, 1.807) is 6.20 Å². The number of carbonyl (C=O) groups excluding carboxylic acids is 1. The Morgan fingerprint density at radius 1 is 1.08 bits per heavy atom. The van der Waals surface area contributed by atoms with Crippen molar-refractivity contribution < 1.29 is 18.0 Å². The van der Waals surface area contributed by atoms with Gasteiger partial charge in [0.25, 0.3) is 0 Å². The van der Waals surface area contributed by atoms with Gasteiger partial charge in [-0.3, -0.25) is 4.79 Å². The van der Waals surface area contributed by atoms with Gasteiger partial charge in [-0.15, -0.1) is 11.3 Å². The van der Waals surface area contributed by atoms with Crippen LogP contribution in [0.4, 0.5) is 30.5 Å². The van der Waals surface area contributed by atoms with E-state index in [9.17, 15) is 18.0 Å². The number of rotatable bonds is 4. The standard InChI is InChI=1S/C25H24F3N7OS/c26-25(27,28)23(36)35-9-5-19-15(14-35)12-20(37-19)21-18-4-6-30-22(18)33-24(32-21)31-16-2-1-3-17(13-16)34-10-7-29-8-11-34/h1-4,6,12-13,29H,5,7-11,14H2,(H2,30,31,32,33). The first-order valence-corrected chi connectivity index (χ1v) is 12.8. The van der Waals surface area contributed by atoms with Gasteiger partial charge in [0.05, 0.1) is 10.6 Å². The number of aromatic nitrogens is 3. The molecule has 1 fully saturated rings. The smallest absolute Gasteiger partial charge is 0.369 e. The minimum atomic E-state index is -4.87. The topological polar surface area (TPSA) is 89.2 Å². The van der Waals surface area contributed by atoms with Crippen LogP contribution >= 0.6 is 11.3 Å². The van der Waals surface area contributed by atoms with E-state index in [4.69, 9.17) is 4.98 Å². The number of aromatic amines is 1. The number of piperazine rings is 1. The summed E-state index contributed by atoms with van der Waals surface area (Å²) in [6.45, 7) is 3.75. The Hall–Kier alpha value is -3.64. The molecule has 8 nitrogen and oxygen atoms in total. The van der Waals surface area contributed by atoms with Gasteiger partial charge in [0.1, 0.15) is 5.65 Å². The molecule has 0 bridgehead atoms. The first kappa shape index (κ1) is 23.7. The molecule has 4 aromatic rings. The predicted octanol–water partition coefficient (Wildman–Crippen LogP) is 4.29. The van der Waals surface area contributed by atoms with Crippen molar-refractivity contribution in [1.29, 1.82) is 0 Å². The molecule has 37 heavy (non-hydrogen) atoms. The highest BCUT2D eigenvalue weighted by Gasteiger charge is 2.43. The van der Waals surface area contributed by atoms with Gasteiger partial charge in [-0.2, -0.15) is 18.2 Å². The van der Waals surface area contributed by atoms with Crippen LogP contribution in [-0.4, -0.2) is 64.7 Å². The number of halogens is 3. The molecule has 1 saturated heterocycles. The van der Waals surface area contributed by atoms with Crippen molar-refractivity contribution >= 4 is 45.6 Å². The van der Waals surface area contributed by atoms with Crippen molar-refractivity contribution in [3.8, 4) is 10.6 Å². The van der Waals surface area contributed by atoms with Crippen LogP contribution in [0.15, 0.2) is 42.6 Å². The fraction of sp³-hybridized carbons (Fsp3) is 0.320. The number of benzene rings is 1. The SMILES string of the molecule is O=C(N1CCc2sc(-c3nc(Nc4cccc(N5CCNCC5)c4)nc4[nH]ccc34)cc2C1)C(F)(F)F. The Morgan fingerprint density at radius 3 is 2.73 bits per heavy atom. The number of hydrogen-bond acceptors (Lipinski definition) is 7. The van der Waals surface area contributed by atoms with Gasteiger partial charge >= 0.3 is 12.1 Å². The van der Waals surface area contributed by atoms with E-state index in [0.717, 1.165) is 63.2 Å². The van der Waals surface area contributed by atoms with Crippen molar-refractivity contribution in [3.63, 3.8) is 0 Å². The number of hydrogen-bond donors (Lipinski definition) is 3. The Morgan fingerprint density at radius 2 is 1.92 bits per heavy atom. The Bertz CT molecular complexity index is 1460. The van der Waals surface area contributed by atoms with Crippen LogP contribution in [-0.2, 0) is 17.8 Å². The molecule has 3 aromatic heterocycles. The molecule has 3 N–H and O–H groups in total. The van der Waals surface area contributed by atoms with Gasteiger partial charge in [0.15, 0.2) is 0 Å². The van der Waals surface area contributed by atoms with Crippen molar-refractivity contribution in [3.05, 3.63) is 53.0 Å². The second kappa shape index (κ2) is 9.34. The normalized spacial score (nSPS) is 16.2. The molecule has 2 aliphatic heterocycles. The summed E-state index contributed by atoms with van der Waals surface area (Å²) in [6, 6.07) is 11.8. The first-order valence-electron chi connectivity index (χ1n) is 12.0. The number of thiophene rings is 1. The lowest BCUT2D eigenvalue weighted by Crippen LogP contribution is -2.43. The average molecular weight is 528 g/mol. The van der Waals surface area contributed by atoms with Gasteiger partial charge in [0.2, 0.25) is 5.95 Å². The van der Waals surface area contributed by atoms with Crippen LogP contribution in [0.1, 0.15) is 10.4 Å². The van der Waals surface area contributed by atoms with Gasteiger partial charge in [-0.05, 0) is 42.3 Å². The molecule has 0 atom stereocenters. The number of carbonyl (C=O) groups is 1. The third-order valence-corrected chi connectivity index (χ3v) is 7.87. The van der Waals surface area contributed by atoms with E-state index in [2.05, 4.69) is 37.6 Å². The van der Waals surface area contributed by atoms with E-state index in [0.29, 0.717) is 23.7 Å². The molecule has 0 aliphatic carbocycles. The molecule has 0 radical (unpaired) electrons. The quantitative estimate of drug-likeness (QED) is 0.367. The zero-order valence-corrected chi connectivity index (χ0v) is 20.5. The fourth-order valence-electron chi connectivity index (χ4n) is 4.82. The molecular weight excluding hydrogens is 503 g/mol. The monoisotopic (exact) mass is 527 g/mol. The van der Waals surface area contributed by atoms with E-state index in [-0.39, 0.29) is 13.1 Å². The highest BCUT2D eigenvalue weighted by molar-refractivity contribution is 7.15. The zero-order valence-electron chi connectivity index (χ0n) is 19.7. The number of alkyl halides is 3. The molecule has 192 valence electrons. The summed E-state index contributed by atoms with van der Waals surface area (Å²) in [5.41, 5.74) is 4.06. The summed E-state index contributed by atoms with van der Waals surface area (Å²) in [5.74, 6) is -1.38. The highest BCUT2D eigenvalue weighted by Crippen LogP contribution is 2.38. The van der Waals surface area contributed by atoms with Gasteiger partial charge in [0, 0.05) is 67.1 Å². The number of H-pyrrole nitrogens is 1. The molecular formula is C25H24F3N7OS. The molecule has 0 spiro atoms. The number of anilines is 3. The zero-order chi connectivity index (χ0) is 25.6. The van der Waals surface area contributed by atoms with Crippen LogP contribution in [0, 0.1) is 0 Å². The maximum absolute atomic E-state index is 13.0. The Kier molecular flexibility index (Phi) is 6.00. The van der Waals surface area contributed by atoms with E-state index in [1.807, 2.05) is 24.3 Å². The molecule has 5 heterocycles. The molecule has 1 amide bonds. The largest absolute Gasteiger partial charge is 0.471 e. The lowest BCUT2D eigenvalue weighted by atomic mass is 10.1. The van der Waals surface area contributed by atoms with Crippen molar-refractivity contribution in [2.75, 3.05) is 42.9 Å². The van der Waals surface area contributed by atoms with Gasteiger partial charge < -0.3 is 25.4 Å². The van der Waals surface area contributed by atoms with Crippen molar-refractivity contribution in [1.82, 2.24) is 25.2 Å². The van der Waals surface area contributed by atoms with E-state index in [1.165, 1.54) is 11.3 Å². The number of nitrogens with zero attached hydrogens (tertiary/aromatic N) is 4. The lowest BCUT2D eigenvalue weighted by Gasteiger charge is -2.29. The maximum atomic E-state index is 13.0. The summed E-state index contributed by atoms with van der Waals surface area (Å²) in [5, 5.41) is 7.50. The van der Waals surface area contributed by atoms with E-state index >= 15 is 0 Å². The second-order valence-corrected chi connectivity index (χ2v) is 10.2. The first-order chi connectivity index (χ1) is 17.8. The second-order valence-electron chi connectivity index (χ2n) is 9.08. The molecule has 0 unspecified atom stereocenters. The fourth-order valence-corrected chi connectivity index (χ4v) is 5.99. The van der Waals surface area contributed by atoms with Gasteiger partial charge in [-0.25, -0.2) is 4.98 Å². The maximum Gasteiger partial charge on any atom is 0.471 e. The van der Waals surface area contributed by atoms with E-state index < -0.39 is 12.1 Å². The molecule has 6 rings (SSSR count). The average Bonchev–Trinajstić information content (AvgIpc) is 3.54. The van der Waals surface area contributed by atoms with Crippen LogP contribution < -0.4 is 15.5 Å². The van der Waals surface area contributed by atoms with Crippen LogP contribution in [0.5, 0.6) is 0 Å². The van der Waals surface area contributed by atoms with Crippen molar-refractivity contribution in [2.24, 2.45) is 0 Å². The van der Waals surface area contributed by atoms with Crippen molar-refractivity contribution in [2.45, 2.75) is 19.1 Å². The third kappa shape index (κ3) is 4.74. The summed E-state index contributed by atoms with van der Waals surface area (Å²) >= 11 is 1.50. The third-order valence-electron chi connectivity index (χ3n) is 6.63. The minimum absolute atomic E-state index is 0.0465. The van der Waals surface area contributed by atoms with Crippen LogP contribution in [0.2, 0.25) is 0 Å². The number of nitrogens with one attached hydrogen (secondary N) is 3. The summed E-state index contributed by atoms with van der Waals surface area (Å²) < 4.78 is 38.9. The van der Waals surface area contributed by atoms with Crippen LogP contribution in [0.25, 0.3) is 21.6 Å². The van der Waals surface area contributed by atoms with Gasteiger partial charge in [-0.1, -0.05) is 6.07 Å².